The molecular formula is C29H36N2O4Si. The second kappa shape index (κ2) is 10.5. The minimum atomic E-state index is -2.76. The molecule has 0 saturated heterocycles. The molecule has 1 atom stereocenters. The summed E-state index contributed by atoms with van der Waals surface area (Å²) in [5, 5.41) is 2.23. The molecule has 4 rings (SSSR count). The number of hydrogen-bond donors (Lipinski definition) is 0. The van der Waals surface area contributed by atoms with Crippen LogP contribution in [-0.4, -0.2) is 36.7 Å². The summed E-state index contributed by atoms with van der Waals surface area (Å²) >= 11 is 0. The molecule has 0 radical (unpaired) electrons. The summed E-state index contributed by atoms with van der Waals surface area (Å²) in [5.74, 6) is -0.784. The van der Waals surface area contributed by atoms with Crippen LogP contribution >= 0.6 is 0 Å². The van der Waals surface area contributed by atoms with E-state index in [1.165, 1.54) is 17.5 Å². The fourth-order valence-electron chi connectivity index (χ4n) is 5.54. The summed E-state index contributed by atoms with van der Waals surface area (Å²) in [7, 11) is -1.43. The first kappa shape index (κ1) is 26.0. The van der Waals surface area contributed by atoms with Gasteiger partial charge in [-0.05, 0) is 41.6 Å². The molecule has 1 aromatic heterocycles. The minimum Gasteiger partial charge on any atom is -0.468 e. The quantitative estimate of drug-likeness (QED) is 0.208. The summed E-state index contributed by atoms with van der Waals surface area (Å²) in [5.41, 5.74) is 1.29. The first-order chi connectivity index (χ1) is 17.2. The lowest BCUT2D eigenvalue weighted by Gasteiger charge is -2.43. The Morgan fingerprint density at radius 1 is 1.06 bits per heavy atom. The highest BCUT2D eigenvalue weighted by Gasteiger charge is 2.50. The van der Waals surface area contributed by atoms with E-state index in [0.717, 1.165) is 17.9 Å². The molecule has 0 saturated carbocycles. The van der Waals surface area contributed by atoms with Gasteiger partial charge in [0.1, 0.15) is 17.4 Å². The number of benzene rings is 2. The number of esters is 1. The highest BCUT2D eigenvalue weighted by molar-refractivity contribution is 6.99. The van der Waals surface area contributed by atoms with E-state index in [2.05, 4.69) is 80.8 Å². The second-order valence-corrected chi connectivity index (χ2v) is 14.7. The van der Waals surface area contributed by atoms with Gasteiger partial charge in [-0.15, -0.1) is 0 Å². The van der Waals surface area contributed by atoms with Crippen LogP contribution in [-0.2, 0) is 33.5 Å². The van der Waals surface area contributed by atoms with E-state index in [4.69, 9.17) is 14.1 Å². The first-order valence-electron chi connectivity index (χ1n) is 12.7. The normalized spacial score (nSPS) is 16.4. The Morgan fingerprint density at radius 3 is 2.14 bits per heavy atom. The van der Waals surface area contributed by atoms with Crippen LogP contribution in [0, 0.1) is 5.92 Å². The summed E-state index contributed by atoms with van der Waals surface area (Å²) < 4.78 is 14.1. The number of nitrogens with zero attached hydrogens (tertiary/aromatic N) is 2. The van der Waals surface area contributed by atoms with Gasteiger partial charge in [-0.2, -0.15) is 0 Å². The van der Waals surface area contributed by atoms with Crippen molar-refractivity contribution < 1.29 is 18.8 Å². The predicted molar refractivity (Wildman–Crippen MR) is 143 cm³/mol. The Bertz CT molecular complexity index is 1180. The van der Waals surface area contributed by atoms with Crippen LogP contribution in [0.5, 0.6) is 0 Å². The molecule has 0 fully saturated rings. The molecule has 0 N–H and O–H groups in total. The van der Waals surface area contributed by atoms with Crippen molar-refractivity contribution in [3.8, 4) is 0 Å². The number of carbonyl (C=O) groups is 2. The first-order valence-corrected chi connectivity index (χ1v) is 14.6. The van der Waals surface area contributed by atoms with Crippen LogP contribution in [0.1, 0.15) is 62.5 Å². The maximum Gasteiger partial charge on any atom is 0.316 e. The number of imidazole rings is 1. The summed E-state index contributed by atoms with van der Waals surface area (Å²) in [6.07, 6.45) is 1.92. The number of carbonyl (C=O) groups excluding carboxylic acids is 2. The zero-order chi connectivity index (χ0) is 25.9. The highest BCUT2D eigenvalue weighted by Crippen LogP contribution is 2.37. The lowest BCUT2D eigenvalue weighted by molar-refractivity contribution is -0.143. The van der Waals surface area contributed by atoms with Gasteiger partial charge in [0.05, 0.1) is 13.7 Å². The Hall–Kier alpha value is -3.03. The number of rotatable bonds is 7. The van der Waals surface area contributed by atoms with Gasteiger partial charge in [0.15, 0.2) is 5.78 Å². The SMILES string of the molecule is CCn1c(CO[Si](c2ccccc2)(c2ccccc2)C(C)(C)C)nc2c1CCCC(C(=O)OC)C2=O. The molecule has 0 bridgehead atoms. The van der Waals surface area contributed by atoms with Crippen LogP contribution in [0.2, 0.25) is 5.04 Å². The van der Waals surface area contributed by atoms with Crippen LogP contribution in [0.25, 0.3) is 0 Å². The zero-order valence-electron chi connectivity index (χ0n) is 21.9. The van der Waals surface area contributed by atoms with E-state index in [-0.39, 0.29) is 17.4 Å². The smallest absolute Gasteiger partial charge is 0.316 e. The third-order valence-electron chi connectivity index (χ3n) is 7.24. The molecule has 7 heteroatoms. The van der Waals surface area contributed by atoms with Crippen LogP contribution in [0.4, 0.5) is 0 Å². The van der Waals surface area contributed by atoms with Gasteiger partial charge in [0.2, 0.25) is 0 Å². The number of aromatic nitrogens is 2. The standard InChI is InChI=1S/C29H36N2O4Si/c1-6-31-24-19-13-18-23(28(33)34-5)27(32)26(24)30-25(31)20-35-36(29(2,3)4,21-14-9-7-10-15-21)22-16-11-8-12-17-22/h7-12,14-17,23H,6,13,18-20H2,1-5H3. The molecule has 2 aromatic carbocycles. The Balaban J connectivity index is 1.78. The number of hydrogen-bond acceptors (Lipinski definition) is 5. The van der Waals surface area contributed by atoms with Crippen molar-refractivity contribution in [3.63, 3.8) is 0 Å². The van der Waals surface area contributed by atoms with Crippen molar-refractivity contribution >= 4 is 30.4 Å². The Labute approximate surface area is 214 Å². The third-order valence-corrected chi connectivity index (χ3v) is 12.2. The predicted octanol–water partition coefficient (Wildman–Crippen LogP) is 4.29. The molecule has 1 heterocycles. The highest BCUT2D eigenvalue weighted by atomic mass is 28.4. The second-order valence-electron chi connectivity index (χ2n) is 10.4. The fourth-order valence-corrected chi connectivity index (χ4v) is 10.0. The molecule has 36 heavy (non-hydrogen) atoms. The summed E-state index contributed by atoms with van der Waals surface area (Å²) in [6.45, 7) is 9.74. The largest absolute Gasteiger partial charge is 0.468 e. The van der Waals surface area contributed by atoms with Crippen molar-refractivity contribution in [1.29, 1.82) is 0 Å². The molecule has 1 aliphatic rings. The molecule has 0 aliphatic heterocycles. The van der Waals surface area contributed by atoms with Gasteiger partial charge in [0, 0.05) is 12.2 Å². The van der Waals surface area contributed by atoms with Crippen molar-refractivity contribution in [2.24, 2.45) is 5.92 Å². The minimum absolute atomic E-state index is 0.164. The molecule has 3 aromatic rings. The molecule has 6 nitrogen and oxygen atoms in total. The van der Waals surface area contributed by atoms with Gasteiger partial charge in [-0.3, -0.25) is 9.59 Å². The lowest BCUT2D eigenvalue weighted by Crippen LogP contribution is -2.66. The van der Waals surface area contributed by atoms with E-state index in [1.54, 1.807) is 0 Å². The maximum atomic E-state index is 13.3. The summed E-state index contributed by atoms with van der Waals surface area (Å²) in [6, 6.07) is 21.0. The summed E-state index contributed by atoms with van der Waals surface area (Å²) in [4.78, 5) is 30.4. The third kappa shape index (κ3) is 4.57. The average molecular weight is 505 g/mol. The number of Topliss-reactive ketones (excluding diaryl/α,β-unsaturated/α-hetero) is 1. The van der Waals surface area contributed by atoms with E-state index in [9.17, 15) is 9.59 Å². The topological polar surface area (TPSA) is 70.4 Å². The maximum absolute atomic E-state index is 13.3. The molecular weight excluding hydrogens is 468 g/mol. The molecule has 0 spiro atoms. The van der Waals surface area contributed by atoms with E-state index in [0.29, 0.717) is 25.1 Å². The van der Waals surface area contributed by atoms with Crippen LogP contribution < -0.4 is 10.4 Å². The van der Waals surface area contributed by atoms with Crippen molar-refractivity contribution in [1.82, 2.24) is 9.55 Å². The van der Waals surface area contributed by atoms with E-state index < -0.39 is 20.2 Å². The van der Waals surface area contributed by atoms with Gasteiger partial charge < -0.3 is 13.7 Å². The number of ether oxygens (including phenoxy) is 1. The number of fused-ring (bicyclic) bond motifs is 1. The van der Waals surface area contributed by atoms with Gasteiger partial charge in [-0.25, -0.2) is 4.98 Å². The molecule has 190 valence electrons. The lowest BCUT2D eigenvalue weighted by atomic mass is 9.99. The molecule has 1 unspecified atom stereocenters. The van der Waals surface area contributed by atoms with E-state index >= 15 is 0 Å². The van der Waals surface area contributed by atoms with Crippen LogP contribution in [0.15, 0.2) is 60.7 Å². The van der Waals surface area contributed by atoms with Crippen LogP contribution in [0.3, 0.4) is 0 Å². The number of ketones is 1. The van der Waals surface area contributed by atoms with E-state index in [1.807, 2.05) is 12.1 Å². The van der Waals surface area contributed by atoms with Crippen molar-refractivity contribution in [3.05, 3.63) is 77.9 Å². The van der Waals surface area contributed by atoms with Gasteiger partial charge in [0.25, 0.3) is 8.32 Å². The van der Waals surface area contributed by atoms with Crippen molar-refractivity contribution in [2.45, 2.75) is 65.1 Å². The van der Waals surface area contributed by atoms with Crippen molar-refractivity contribution in [2.75, 3.05) is 7.11 Å². The number of methoxy groups -OCH3 is 1. The Kier molecular flexibility index (Phi) is 7.61. The van der Waals surface area contributed by atoms with Gasteiger partial charge >= 0.3 is 5.97 Å². The zero-order valence-corrected chi connectivity index (χ0v) is 22.9. The average Bonchev–Trinajstić information content (AvgIpc) is 3.15. The fraction of sp³-hybridized carbons (Fsp3) is 0.414. The Morgan fingerprint density at radius 2 is 1.64 bits per heavy atom. The molecule has 0 amide bonds. The monoisotopic (exact) mass is 504 g/mol. The molecule has 1 aliphatic carbocycles. The van der Waals surface area contributed by atoms with Gasteiger partial charge in [-0.1, -0.05) is 81.4 Å².